The zero-order chi connectivity index (χ0) is 24.6. The first kappa shape index (κ1) is 26.5. The van der Waals surface area contributed by atoms with E-state index >= 15 is 0 Å². The SMILES string of the molecule is CCN(CC)CCN(C(=O)Cn1cnc2c1c(=O)n(C)c(=O)n2C)c1nc2ccc(F)cc2s1.Cl. The number of aryl methyl sites for hydroxylation is 1. The number of imidazole rings is 1. The van der Waals surface area contributed by atoms with Crippen molar-refractivity contribution in [3.63, 3.8) is 0 Å². The molecule has 1 aromatic carbocycles. The van der Waals surface area contributed by atoms with Gasteiger partial charge in [0.1, 0.15) is 12.4 Å². The lowest BCUT2D eigenvalue weighted by Gasteiger charge is -2.25. The van der Waals surface area contributed by atoms with Gasteiger partial charge >= 0.3 is 5.69 Å². The maximum absolute atomic E-state index is 13.7. The molecule has 0 fully saturated rings. The minimum absolute atomic E-state index is 0. The summed E-state index contributed by atoms with van der Waals surface area (Å²) in [5, 5.41) is 0.461. The van der Waals surface area contributed by atoms with Crippen LogP contribution in [0.1, 0.15) is 13.8 Å². The number of halogens is 2. The molecular weight excluding hydrogens is 497 g/mol. The minimum atomic E-state index is -0.520. The van der Waals surface area contributed by atoms with E-state index in [0.29, 0.717) is 28.4 Å². The Kier molecular flexibility index (Phi) is 8.08. The Hall–Kier alpha value is -3.09. The molecule has 4 rings (SSSR count). The van der Waals surface area contributed by atoms with Crippen LogP contribution in [-0.4, -0.2) is 60.7 Å². The molecule has 0 aliphatic heterocycles. The maximum Gasteiger partial charge on any atom is 0.332 e. The molecule has 13 heteroatoms. The predicted molar refractivity (Wildman–Crippen MR) is 137 cm³/mol. The zero-order valence-corrected chi connectivity index (χ0v) is 21.5. The fourth-order valence-electron chi connectivity index (χ4n) is 3.86. The van der Waals surface area contributed by atoms with Gasteiger partial charge in [0.2, 0.25) is 5.91 Å². The highest BCUT2D eigenvalue weighted by molar-refractivity contribution is 7.22. The molecule has 0 aliphatic carbocycles. The van der Waals surface area contributed by atoms with Crippen molar-refractivity contribution < 1.29 is 9.18 Å². The van der Waals surface area contributed by atoms with E-state index in [2.05, 4.69) is 14.9 Å². The van der Waals surface area contributed by atoms with Gasteiger partial charge in [0, 0.05) is 27.2 Å². The number of hydrogen-bond donors (Lipinski definition) is 0. The molecule has 3 aromatic heterocycles. The monoisotopic (exact) mass is 523 g/mol. The number of benzene rings is 1. The number of likely N-dealkylation sites (N-methyl/N-ethyl adjacent to an activating group) is 1. The quantitative estimate of drug-likeness (QED) is 0.350. The lowest BCUT2D eigenvalue weighted by molar-refractivity contribution is -0.119. The third kappa shape index (κ3) is 5.00. The molecule has 4 aromatic rings. The summed E-state index contributed by atoms with van der Waals surface area (Å²) < 4.78 is 18.1. The van der Waals surface area contributed by atoms with E-state index in [9.17, 15) is 18.8 Å². The molecule has 0 atom stereocenters. The van der Waals surface area contributed by atoms with Gasteiger partial charge < -0.3 is 9.47 Å². The number of anilines is 1. The second-order valence-electron chi connectivity index (χ2n) is 7.93. The molecule has 0 N–H and O–H groups in total. The van der Waals surface area contributed by atoms with Gasteiger partial charge in [-0.05, 0) is 31.3 Å². The van der Waals surface area contributed by atoms with E-state index in [1.165, 1.54) is 53.0 Å². The van der Waals surface area contributed by atoms with E-state index in [1.807, 2.05) is 13.8 Å². The van der Waals surface area contributed by atoms with Crippen LogP contribution in [0.4, 0.5) is 9.52 Å². The van der Waals surface area contributed by atoms with Gasteiger partial charge in [-0.2, -0.15) is 0 Å². The molecule has 0 saturated heterocycles. The first-order valence-corrected chi connectivity index (χ1v) is 11.8. The van der Waals surface area contributed by atoms with Crippen LogP contribution in [-0.2, 0) is 25.4 Å². The van der Waals surface area contributed by atoms with E-state index in [1.54, 1.807) is 11.0 Å². The van der Waals surface area contributed by atoms with Gasteiger partial charge in [-0.1, -0.05) is 25.2 Å². The molecule has 0 saturated carbocycles. The summed E-state index contributed by atoms with van der Waals surface area (Å²) in [6, 6.07) is 4.33. The average molecular weight is 524 g/mol. The van der Waals surface area contributed by atoms with Crippen molar-refractivity contribution >= 4 is 56.2 Å². The van der Waals surface area contributed by atoms with Gasteiger partial charge in [0.15, 0.2) is 16.3 Å². The van der Waals surface area contributed by atoms with Crippen LogP contribution in [0.25, 0.3) is 21.4 Å². The van der Waals surface area contributed by atoms with E-state index in [-0.39, 0.29) is 41.8 Å². The number of nitrogens with zero attached hydrogens (tertiary/aromatic N) is 7. The minimum Gasteiger partial charge on any atom is -0.315 e. The third-order valence-corrected chi connectivity index (χ3v) is 6.97. The molecule has 0 aliphatic rings. The van der Waals surface area contributed by atoms with Crippen LogP contribution >= 0.6 is 23.7 Å². The Morgan fingerprint density at radius 2 is 1.83 bits per heavy atom. The molecule has 1 amide bonds. The van der Waals surface area contributed by atoms with E-state index < -0.39 is 11.2 Å². The second-order valence-corrected chi connectivity index (χ2v) is 8.94. The Labute approximate surface area is 210 Å². The fourth-order valence-corrected chi connectivity index (χ4v) is 4.89. The van der Waals surface area contributed by atoms with Crippen molar-refractivity contribution in [3.05, 3.63) is 51.2 Å². The van der Waals surface area contributed by atoms with Gasteiger partial charge in [-0.3, -0.25) is 23.6 Å². The van der Waals surface area contributed by atoms with Crippen molar-refractivity contribution in [1.82, 2.24) is 28.6 Å². The smallest absolute Gasteiger partial charge is 0.315 e. The Balaban J connectivity index is 0.00000342. The van der Waals surface area contributed by atoms with Crippen molar-refractivity contribution in [1.29, 1.82) is 0 Å². The first-order chi connectivity index (χ1) is 16.2. The number of aromatic nitrogens is 5. The topological polar surface area (TPSA) is 98.3 Å². The maximum atomic E-state index is 13.7. The van der Waals surface area contributed by atoms with Crippen molar-refractivity contribution in [3.8, 4) is 0 Å². The standard InChI is InChI=1S/C22H26FN7O3S.ClH/c1-5-28(6-2)9-10-30(21-25-15-8-7-14(23)11-16(15)34-21)17(31)12-29-13-24-19-18(29)20(32)27(4)22(33)26(19)3;/h7-8,11,13H,5-6,9-10,12H2,1-4H3;1H. The number of carbonyl (C=O) groups is 1. The number of fused-ring (bicyclic) bond motifs is 2. The van der Waals surface area contributed by atoms with Crippen LogP contribution in [0.2, 0.25) is 0 Å². The molecule has 188 valence electrons. The molecule has 35 heavy (non-hydrogen) atoms. The molecular formula is C22H27ClFN7O3S. The summed E-state index contributed by atoms with van der Waals surface area (Å²) in [7, 11) is 2.92. The summed E-state index contributed by atoms with van der Waals surface area (Å²) in [5.41, 5.74) is -0.0109. The molecule has 0 radical (unpaired) electrons. The van der Waals surface area contributed by atoms with Crippen LogP contribution in [0.15, 0.2) is 34.1 Å². The largest absolute Gasteiger partial charge is 0.332 e. The number of hydrogen-bond acceptors (Lipinski definition) is 7. The van der Waals surface area contributed by atoms with Crippen LogP contribution in [0.5, 0.6) is 0 Å². The van der Waals surface area contributed by atoms with Crippen LogP contribution < -0.4 is 16.1 Å². The van der Waals surface area contributed by atoms with Crippen molar-refractivity contribution in [2.45, 2.75) is 20.4 Å². The van der Waals surface area contributed by atoms with Gasteiger partial charge in [-0.25, -0.2) is 19.2 Å². The summed E-state index contributed by atoms with van der Waals surface area (Å²) in [4.78, 5) is 51.0. The third-order valence-electron chi connectivity index (χ3n) is 5.93. The predicted octanol–water partition coefficient (Wildman–Crippen LogP) is 1.98. The second kappa shape index (κ2) is 10.7. The highest BCUT2D eigenvalue weighted by Gasteiger charge is 2.23. The normalized spacial score (nSPS) is 11.4. The summed E-state index contributed by atoms with van der Waals surface area (Å²) in [6.45, 7) is 6.61. The van der Waals surface area contributed by atoms with Gasteiger partial charge in [-0.15, -0.1) is 12.4 Å². The summed E-state index contributed by atoms with van der Waals surface area (Å²) in [5.74, 6) is -0.656. The van der Waals surface area contributed by atoms with E-state index in [4.69, 9.17) is 0 Å². The molecule has 0 bridgehead atoms. The molecule has 10 nitrogen and oxygen atoms in total. The number of thiazole rings is 1. The van der Waals surface area contributed by atoms with Gasteiger partial charge in [0.05, 0.1) is 16.5 Å². The van der Waals surface area contributed by atoms with Gasteiger partial charge in [0.25, 0.3) is 5.56 Å². The Morgan fingerprint density at radius 1 is 1.11 bits per heavy atom. The number of amides is 1. The average Bonchev–Trinajstić information content (AvgIpc) is 3.43. The molecule has 0 unspecified atom stereocenters. The first-order valence-electron chi connectivity index (χ1n) is 10.9. The lowest BCUT2D eigenvalue weighted by atomic mass is 10.3. The fraction of sp³-hybridized carbons (Fsp3) is 0.409. The lowest BCUT2D eigenvalue weighted by Crippen LogP contribution is -2.41. The van der Waals surface area contributed by atoms with Crippen molar-refractivity contribution in [2.24, 2.45) is 14.1 Å². The van der Waals surface area contributed by atoms with E-state index in [0.717, 1.165) is 17.7 Å². The zero-order valence-electron chi connectivity index (χ0n) is 19.9. The number of carbonyl (C=O) groups excluding carboxylic acids is 1. The van der Waals surface area contributed by atoms with Crippen molar-refractivity contribution in [2.75, 3.05) is 31.1 Å². The molecule has 0 spiro atoms. The highest BCUT2D eigenvalue weighted by atomic mass is 35.5. The van der Waals surface area contributed by atoms with Crippen LogP contribution in [0.3, 0.4) is 0 Å². The molecule has 3 heterocycles. The Bertz CT molecular complexity index is 1490. The Morgan fingerprint density at radius 3 is 2.51 bits per heavy atom. The summed E-state index contributed by atoms with van der Waals surface area (Å²) >= 11 is 1.24. The van der Waals surface area contributed by atoms with Crippen LogP contribution in [0, 0.1) is 5.82 Å². The summed E-state index contributed by atoms with van der Waals surface area (Å²) in [6.07, 6.45) is 1.39. The highest BCUT2D eigenvalue weighted by Crippen LogP contribution is 2.29. The number of rotatable bonds is 8.